The van der Waals surface area contributed by atoms with E-state index in [1.54, 1.807) is 24.0 Å². The van der Waals surface area contributed by atoms with E-state index in [-0.39, 0.29) is 5.78 Å². The second kappa shape index (κ2) is 5.63. The molecule has 0 unspecified atom stereocenters. The van der Waals surface area contributed by atoms with E-state index in [1.807, 2.05) is 13.8 Å². The van der Waals surface area contributed by atoms with Gasteiger partial charge in [-0.15, -0.1) is 0 Å². The first kappa shape index (κ1) is 11.9. The van der Waals surface area contributed by atoms with E-state index in [0.717, 1.165) is 0 Å². The van der Waals surface area contributed by atoms with E-state index in [4.69, 9.17) is 9.47 Å². The van der Waals surface area contributed by atoms with Gasteiger partial charge in [-0.2, -0.15) is 5.10 Å². The molecule has 5 heteroatoms. The van der Waals surface area contributed by atoms with Crippen molar-refractivity contribution in [2.75, 3.05) is 13.2 Å². The second-order valence-corrected chi connectivity index (χ2v) is 2.98. The zero-order chi connectivity index (χ0) is 11.3. The lowest BCUT2D eigenvalue weighted by molar-refractivity contribution is -0.107. The summed E-state index contributed by atoms with van der Waals surface area (Å²) in [4.78, 5) is 11.8. The number of Topliss-reactive ketones (excluding diaryl/α,β-unsaturated/α-hetero) is 1. The quantitative estimate of drug-likeness (QED) is 0.521. The monoisotopic (exact) mass is 212 g/mol. The predicted octanol–water partition coefficient (Wildman–Crippen LogP) is 1.00. The van der Waals surface area contributed by atoms with Gasteiger partial charge in [0.1, 0.15) is 5.69 Å². The van der Waals surface area contributed by atoms with Crippen LogP contribution in [-0.2, 0) is 16.5 Å². The van der Waals surface area contributed by atoms with Crippen molar-refractivity contribution in [3.63, 3.8) is 0 Å². The summed E-state index contributed by atoms with van der Waals surface area (Å²) in [6.45, 7) is 4.50. The zero-order valence-electron chi connectivity index (χ0n) is 9.27. The number of aromatic nitrogens is 2. The van der Waals surface area contributed by atoms with E-state index in [9.17, 15) is 4.79 Å². The minimum Gasteiger partial charge on any atom is -0.346 e. The average molecular weight is 212 g/mol. The van der Waals surface area contributed by atoms with Gasteiger partial charge in [0, 0.05) is 26.5 Å². The van der Waals surface area contributed by atoms with Crippen molar-refractivity contribution in [1.82, 2.24) is 9.78 Å². The van der Waals surface area contributed by atoms with Crippen molar-refractivity contribution in [2.24, 2.45) is 7.05 Å². The Hall–Kier alpha value is -1.20. The standard InChI is InChI=1S/C10H16N2O3/c1-4-14-10(15-5-2)9(13)8-6-7-12(3)11-8/h6-7,10H,4-5H2,1-3H3. The number of ketones is 1. The van der Waals surface area contributed by atoms with Gasteiger partial charge in [0.05, 0.1) is 0 Å². The highest BCUT2D eigenvalue weighted by atomic mass is 16.7. The third kappa shape index (κ3) is 3.14. The molecule has 0 fully saturated rings. The number of carbonyl (C=O) groups excluding carboxylic acids is 1. The maximum atomic E-state index is 11.8. The molecule has 0 spiro atoms. The van der Waals surface area contributed by atoms with Crippen LogP contribution in [0.2, 0.25) is 0 Å². The van der Waals surface area contributed by atoms with Gasteiger partial charge < -0.3 is 9.47 Å². The van der Waals surface area contributed by atoms with Crippen LogP contribution in [0.4, 0.5) is 0 Å². The van der Waals surface area contributed by atoms with Crippen LogP contribution in [0, 0.1) is 0 Å². The molecule has 0 saturated heterocycles. The van der Waals surface area contributed by atoms with Crippen molar-refractivity contribution < 1.29 is 14.3 Å². The summed E-state index contributed by atoms with van der Waals surface area (Å²) in [5.41, 5.74) is 0.365. The van der Waals surface area contributed by atoms with E-state index in [2.05, 4.69) is 5.10 Å². The maximum Gasteiger partial charge on any atom is 0.238 e. The van der Waals surface area contributed by atoms with Gasteiger partial charge >= 0.3 is 0 Å². The van der Waals surface area contributed by atoms with E-state index in [0.29, 0.717) is 18.9 Å². The van der Waals surface area contributed by atoms with Gasteiger partial charge in [-0.1, -0.05) is 0 Å². The van der Waals surface area contributed by atoms with Crippen LogP contribution in [-0.4, -0.2) is 35.1 Å². The smallest absolute Gasteiger partial charge is 0.238 e. The molecule has 1 aromatic heterocycles. The summed E-state index contributed by atoms with van der Waals surface area (Å²) < 4.78 is 11.9. The minimum absolute atomic E-state index is 0.237. The Labute approximate surface area is 89.0 Å². The molecule has 1 aromatic rings. The van der Waals surface area contributed by atoms with Crippen LogP contribution in [0.5, 0.6) is 0 Å². The van der Waals surface area contributed by atoms with Crippen molar-refractivity contribution in [3.8, 4) is 0 Å². The highest BCUT2D eigenvalue weighted by Gasteiger charge is 2.22. The highest BCUT2D eigenvalue weighted by Crippen LogP contribution is 2.05. The van der Waals surface area contributed by atoms with Crippen LogP contribution < -0.4 is 0 Å². The number of hydrogen-bond donors (Lipinski definition) is 0. The summed E-state index contributed by atoms with van der Waals surface area (Å²) in [6.07, 6.45) is 0.872. The topological polar surface area (TPSA) is 53.4 Å². The Morgan fingerprint density at radius 1 is 1.47 bits per heavy atom. The van der Waals surface area contributed by atoms with Crippen LogP contribution in [0.1, 0.15) is 24.3 Å². The Morgan fingerprint density at radius 3 is 2.47 bits per heavy atom. The van der Waals surface area contributed by atoms with Gasteiger partial charge in [0.15, 0.2) is 0 Å². The molecule has 0 aromatic carbocycles. The Bertz CT molecular complexity index is 316. The van der Waals surface area contributed by atoms with Gasteiger partial charge in [0.2, 0.25) is 12.1 Å². The Kier molecular flexibility index (Phi) is 4.45. The van der Waals surface area contributed by atoms with Crippen molar-refractivity contribution in [1.29, 1.82) is 0 Å². The van der Waals surface area contributed by atoms with Gasteiger partial charge in [-0.05, 0) is 19.9 Å². The summed E-state index contributed by atoms with van der Waals surface area (Å²) in [5.74, 6) is -0.237. The van der Waals surface area contributed by atoms with Crippen molar-refractivity contribution >= 4 is 5.78 Å². The molecule has 0 amide bonds. The highest BCUT2D eigenvalue weighted by molar-refractivity contribution is 5.96. The van der Waals surface area contributed by atoms with Crippen LogP contribution >= 0.6 is 0 Å². The number of rotatable bonds is 6. The Balaban J connectivity index is 2.71. The lowest BCUT2D eigenvalue weighted by atomic mass is 10.3. The first-order chi connectivity index (χ1) is 7.19. The second-order valence-electron chi connectivity index (χ2n) is 2.98. The van der Waals surface area contributed by atoms with E-state index in [1.165, 1.54) is 0 Å². The number of nitrogens with zero attached hydrogens (tertiary/aromatic N) is 2. The largest absolute Gasteiger partial charge is 0.346 e. The maximum absolute atomic E-state index is 11.8. The van der Waals surface area contributed by atoms with Crippen LogP contribution in [0.25, 0.3) is 0 Å². The van der Waals surface area contributed by atoms with E-state index < -0.39 is 6.29 Å². The lowest BCUT2D eigenvalue weighted by Crippen LogP contribution is -2.28. The molecule has 1 rings (SSSR count). The molecule has 0 atom stereocenters. The number of hydrogen-bond acceptors (Lipinski definition) is 4. The average Bonchev–Trinajstić information content (AvgIpc) is 2.63. The molecule has 1 heterocycles. The van der Waals surface area contributed by atoms with Crippen LogP contribution in [0.15, 0.2) is 12.3 Å². The molecule has 15 heavy (non-hydrogen) atoms. The predicted molar refractivity (Wildman–Crippen MR) is 54.6 cm³/mol. The zero-order valence-corrected chi connectivity index (χ0v) is 9.27. The molecule has 0 N–H and O–H groups in total. The minimum atomic E-state index is -0.838. The first-order valence-electron chi connectivity index (χ1n) is 4.96. The van der Waals surface area contributed by atoms with Crippen molar-refractivity contribution in [2.45, 2.75) is 20.1 Å². The van der Waals surface area contributed by atoms with Gasteiger partial charge in [-0.3, -0.25) is 9.48 Å². The SMILES string of the molecule is CCOC(OCC)C(=O)c1ccn(C)n1. The molecule has 84 valence electrons. The van der Waals surface area contributed by atoms with Crippen molar-refractivity contribution in [3.05, 3.63) is 18.0 Å². The molecule has 0 aliphatic heterocycles. The van der Waals surface area contributed by atoms with Gasteiger partial charge in [0.25, 0.3) is 0 Å². The molecule has 0 radical (unpaired) electrons. The molecule has 0 bridgehead atoms. The number of ether oxygens (including phenoxy) is 2. The third-order valence-corrected chi connectivity index (χ3v) is 1.82. The summed E-state index contributed by atoms with van der Waals surface area (Å²) in [5, 5.41) is 4.00. The summed E-state index contributed by atoms with van der Waals surface area (Å²) >= 11 is 0. The Morgan fingerprint density at radius 2 is 2.07 bits per heavy atom. The molecular weight excluding hydrogens is 196 g/mol. The molecule has 0 aliphatic rings. The fourth-order valence-electron chi connectivity index (χ4n) is 1.17. The molecule has 0 saturated carbocycles. The molecule has 5 nitrogen and oxygen atoms in total. The molecule has 0 aliphatic carbocycles. The van der Waals surface area contributed by atoms with Gasteiger partial charge in [-0.25, -0.2) is 0 Å². The van der Waals surface area contributed by atoms with Crippen LogP contribution in [0.3, 0.4) is 0 Å². The fraction of sp³-hybridized carbons (Fsp3) is 0.600. The third-order valence-electron chi connectivity index (χ3n) is 1.82. The summed E-state index contributed by atoms with van der Waals surface area (Å²) in [7, 11) is 1.76. The lowest BCUT2D eigenvalue weighted by Gasteiger charge is -2.13. The number of carbonyl (C=O) groups is 1. The molecular formula is C10H16N2O3. The normalized spacial score (nSPS) is 10.9. The van der Waals surface area contributed by atoms with E-state index >= 15 is 0 Å². The first-order valence-corrected chi connectivity index (χ1v) is 4.96. The number of aryl methyl sites for hydroxylation is 1. The summed E-state index contributed by atoms with van der Waals surface area (Å²) in [6, 6.07) is 1.65. The fourth-order valence-corrected chi connectivity index (χ4v) is 1.17.